The molecule has 0 bridgehead atoms. The molecule has 1 aliphatic carbocycles. The molecule has 3 N–H and O–H groups in total. The zero-order valence-corrected chi connectivity index (χ0v) is 40.3. The minimum atomic E-state index is -4.50. The van der Waals surface area contributed by atoms with Crippen molar-refractivity contribution in [3.8, 4) is 34.4 Å². The quantitative estimate of drug-likeness (QED) is 0.0940. The summed E-state index contributed by atoms with van der Waals surface area (Å²) in [5.74, 6) is -1.08. The van der Waals surface area contributed by atoms with Crippen molar-refractivity contribution in [2.75, 3.05) is 11.9 Å². The van der Waals surface area contributed by atoms with E-state index in [1.165, 1.54) is 6.92 Å². The van der Waals surface area contributed by atoms with Crippen molar-refractivity contribution in [3.63, 3.8) is 0 Å². The second kappa shape index (κ2) is 20.2. The van der Waals surface area contributed by atoms with Crippen LogP contribution in [0.2, 0.25) is 10.0 Å². The fraction of sp³-hybridized carbons (Fsp3) is 0.275. The normalized spacial score (nSPS) is 17.3. The molecule has 14 nitrogen and oxygen atoms in total. The number of nitrogens with one attached hydrogen (secondary N) is 2. The van der Waals surface area contributed by atoms with E-state index in [0.29, 0.717) is 49.5 Å². The maximum atomic E-state index is 14.9. The first-order valence-electron chi connectivity index (χ1n) is 22.3. The molecule has 18 heteroatoms. The van der Waals surface area contributed by atoms with Gasteiger partial charge in [-0.15, -0.1) is 0 Å². The second-order valence-corrected chi connectivity index (χ2v) is 21.1. The highest BCUT2D eigenvalue weighted by molar-refractivity contribution is 7.91. The lowest BCUT2D eigenvalue weighted by Crippen LogP contribution is -2.55. The summed E-state index contributed by atoms with van der Waals surface area (Å²) in [6, 6.07) is 29.7. The van der Waals surface area contributed by atoms with E-state index in [2.05, 4.69) is 21.7 Å². The predicted octanol–water partition coefficient (Wildman–Crippen LogP) is 9.44. The zero-order valence-electron chi connectivity index (χ0n) is 37.1. The number of halogens is 2. The second-order valence-electron chi connectivity index (χ2n) is 17.2. The van der Waals surface area contributed by atoms with Gasteiger partial charge in [-0.3, -0.25) is 9.59 Å². The van der Waals surface area contributed by atoms with Crippen LogP contribution in [-0.4, -0.2) is 59.3 Å². The first kappa shape index (κ1) is 47.6. The number of carbonyl (C=O) groups is 3. The molecule has 0 saturated heterocycles. The Bertz CT molecular complexity index is 3080. The van der Waals surface area contributed by atoms with Gasteiger partial charge in [0.15, 0.2) is 26.9 Å². The summed E-state index contributed by atoms with van der Waals surface area (Å²) >= 11 is 13.0. The van der Waals surface area contributed by atoms with Crippen LogP contribution < -0.4 is 24.8 Å². The van der Waals surface area contributed by atoms with Crippen molar-refractivity contribution < 1.29 is 42.1 Å². The van der Waals surface area contributed by atoms with Crippen molar-refractivity contribution in [1.29, 1.82) is 5.26 Å². The van der Waals surface area contributed by atoms with E-state index in [1.807, 2.05) is 54.6 Å². The summed E-state index contributed by atoms with van der Waals surface area (Å²) < 4.78 is 49.4. The van der Waals surface area contributed by atoms with Gasteiger partial charge in [0.05, 0.1) is 27.4 Å². The molecule has 3 atom stereocenters. The van der Waals surface area contributed by atoms with Gasteiger partial charge in [0, 0.05) is 18.9 Å². The topological polar surface area (TPSA) is 197 Å². The molecule has 1 unspecified atom stereocenters. The number of benzene rings is 5. The third-order valence-electron chi connectivity index (χ3n) is 12.6. The van der Waals surface area contributed by atoms with Crippen LogP contribution in [0.15, 0.2) is 107 Å². The van der Waals surface area contributed by atoms with Crippen LogP contribution in [0.3, 0.4) is 0 Å². The van der Waals surface area contributed by atoms with Crippen LogP contribution >= 0.6 is 34.5 Å². The van der Waals surface area contributed by atoms with E-state index in [4.69, 9.17) is 42.7 Å². The monoisotopic (exact) mass is 1010 g/mol. The molecule has 0 spiro atoms. The maximum Gasteiger partial charge on any atom is 0.326 e. The van der Waals surface area contributed by atoms with E-state index in [1.54, 1.807) is 48.5 Å². The number of carboxylic acid groups (broad SMARTS) is 1. The maximum absolute atomic E-state index is 14.9. The molecule has 3 heterocycles. The Morgan fingerprint density at radius 3 is 2.26 bits per heavy atom. The number of fused-ring (bicyclic) bond motifs is 2. The Kier molecular flexibility index (Phi) is 14.0. The van der Waals surface area contributed by atoms with Crippen molar-refractivity contribution in [2.45, 2.75) is 81.0 Å². The molecule has 1 fully saturated rings. The average Bonchev–Trinajstić information content (AvgIpc) is 4.04. The first-order chi connectivity index (χ1) is 33.2. The largest absolute Gasteiger partial charge is 0.489 e. The first-order valence-corrected chi connectivity index (χ1v) is 25.3. The van der Waals surface area contributed by atoms with Crippen LogP contribution in [0.1, 0.15) is 70.9 Å². The molecular formula is C51H45Cl2N5O9S2. The highest BCUT2D eigenvalue weighted by Crippen LogP contribution is 2.43. The molecule has 1 saturated carbocycles. The minimum Gasteiger partial charge on any atom is -0.489 e. The number of nitriles is 1. The Hall–Kier alpha value is -6.48. The Morgan fingerprint density at radius 2 is 1.58 bits per heavy atom. The highest BCUT2D eigenvalue weighted by Gasteiger charge is 2.43. The van der Waals surface area contributed by atoms with Gasteiger partial charge in [-0.05, 0) is 114 Å². The zero-order chi connectivity index (χ0) is 48.4. The Balaban J connectivity index is 0.956. The van der Waals surface area contributed by atoms with Crippen LogP contribution in [-0.2, 0) is 50.4 Å². The summed E-state index contributed by atoms with van der Waals surface area (Å²) in [6.07, 6.45) is 2.66. The fourth-order valence-corrected chi connectivity index (χ4v) is 12.2. The molecule has 6 aromatic rings. The van der Waals surface area contributed by atoms with Gasteiger partial charge in [0.25, 0.3) is 10.0 Å². The van der Waals surface area contributed by atoms with Gasteiger partial charge in [-0.25, -0.2) is 18.2 Å². The summed E-state index contributed by atoms with van der Waals surface area (Å²) in [7, 11) is -4.50. The predicted molar refractivity (Wildman–Crippen MR) is 260 cm³/mol. The minimum absolute atomic E-state index is 0.0862. The van der Waals surface area contributed by atoms with E-state index < -0.39 is 40.1 Å². The number of aryl methyl sites for hydroxylation is 1. The summed E-state index contributed by atoms with van der Waals surface area (Å²) in [6.45, 7) is 1.71. The van der Waals surface area contributed by atoms with Gasteiger partial charge in [0.2, 0.25) is 11.8 Å². The average molecular weight is 1010 g/mol. The molecule has 1 aromatic heterocycles. The lowest BCUT2D eigenvalue weighted by molar-refractivity contribution is -0.142. The number of sulfonamides is 1. The van der Waals surface area contributed by atoms with Crippen molar-refractivity contribution in [2.24, 2.45) is 5.92 Å². The third kappa shape index (κ3) is 10.6. The molecule has 9 rings (SSSR count). The number of carbonyl (C=O) groups excluding carboxylic acids is 2. The standard InChI is InChI=1S/C51H45Cl2N5O9S2/c1-29-50(68-51(55-29)57-47(59)36-4-2-3-5-36)69(63,64)58-26-38-24-45-44(66-28-46(67-45)35-15-17-39(18-16-35)65-27-32-10-19-40(52)41(53)20-32)23-37(38)22-43(58)48(60)56-42(49(61)62)21-30-6-11-33(12-7-30)34-13-8-31(25-54)9-14-34/h6-20,23-24,36,42-43,46H,2-5,21-22,26-28H2,1H3,(H,56,60)(H,61,62)(H,55,57,59)/t42-,43-,46?/m0/s1. The van der Waals surface area contributed by atoms with E-state index >= 15 is 0 Å². The van der Waals surface area contributed by atoms with Crippen molar-refractivity contribution in [1.82, 2.24) is 14.6 Å². The van der Waals surface area contributed by atoms with Crippen molar-refractivity contribution in [3.05, 3.63) is 152 Å². The van der Waals surface area contributed by atoms with Gasteiger partial charge in [-0.2, -0.15) is 9.57 Å². The van der Waals surface area contributed by atoms with Gasteiger partial charge in [-0.1, -0.05) is 102 Å². The number of aromatic nitrogens is 1. The summed E-state index contributed by atoms with van der Waals surface area (Å²) in [5, 5.41) is 26.0. The van der Waals surface area contributed by atoms with Crippen LogP contribution in [0.5, 0.6) is 17.2 Å². The van der Waals surface area contributed by atoms with E-state index in [0.717, 1.165) is 63.6 Å². The molecule has 69 heavy (non-hydrogen) atoms. The fourth-order valence-electron chi connectivity index (χ4n) is 8.79. The Morgan fingerprint density at radius 1 is 0.899 bits per heavy atom. The van der Waals surface area contributed by atoms with E-state index in [-0.39, 0.29) is 59.5 Å². The van der Waals surface area contributed by atoms with Crippen molar-refractivity contribution >= 4 is 67.5 Å². The molecule has 2 amide bonds. The number of rotatable bonds is 14. The molecule has 354 valence electrons. The van der Waals surface area contributed by atoms with Crippen LogP contribution in [0, 0.1) is 24.2 Å². The molecule has 3 aliphatic rings. The molecule has 5 aromatic carbocycles. The number of thiazole rings is 1. The number of hydrogen-bond acceptors (Lipinski definition) is 11. The summed E-state index contributed by atoms with van der Waals surface area (Å²) in [5.41, 5.74) is 5.88. The number of aliphatic carboxylic acids is 1. The Labute approximate surface area is 412 Å². The van der Waals surface area contributed by atoms with E-state index in [9.17, 15) is 27.9 Å². The molecule has 0 radical (unpaired) electrons. The lowest BCUT2D eigenvalue weighted by atomic mass is 9.94. The molecular weight excluding hydrogens is 962 g/mol. The van der Waals surface area contributed by atoms with Gasteiger partial charge < -0.3 is 30.0 Å². The number of carboxylic acids is 1. The summed E-state index contributed by atoms with van der Waals surface area (Å²) in [4.78, 5) is 44.7. The molecule has 2 aliphatic heterocycles. The van der Waals surface area contributed by atoms with Crippen LogP contribution in [0.4, 0.5) is 5.13 Å². The van der Waals surface area contributed by atoms with Crippen LogP contribution in [0.25, 0.3) is 11.1 Å². The lowest BCUT2D eigenvalue weighted by Gasteiger charge is -2.36. The number of hydrogen-bond donors (Lipinski definition) is 3. The van der Waals surface area contributed by atoms with Gasteiger partial charge >= 0.3 is 5.97 Å². The number of anilines is 1. The third-order valence-corrected chi connectivity index (χ3v) is 16.8. The SMILES string of the molecule is Cc1nc(NC(=O)C2CCCC2)sc1S(=O)(=O)N1Cc2cc3c(cc2C[C@H]1C(=O)N[C@@H](Cc1ccc(-c2ccc(C#N)cc2)cc1)C(=O)O)OCC(c1ccc(OCc2ccc(Cl)c(Cl)c2)cc1)O3. The highest BCUT2D eigenvalue weighted by atomic mass is 35.5. The number of amides is 2. The smallest absolute Gasteiger partial charge is 0.326 e. The number of ether oxygens (including phenoxy) is 3. The van der Waals surface area contributed by atoms with Gasteiger partial charge in [0.1, 0.15) is 31.0 Å². The number of nitrogens with zero attached hydrogens (tertiary/aromatic N) is 3.